The Labute approximate surface area is 166 Å². The highest BCUT2D eigenvalue weighted by molar-refractivity contribution is 7.89. The molecule has 1 saturated heterocycles. The topological polar surface area (TPSA) is 71.4 Å². The second-order valence-electron chi connectivity index (χ2n) is 8.30. The molecule has 1 saturated carbocycles. The van der Waals surface area contributed by atoms with E-state index in [1.54, 1.807) is 16.4 Å². The fourth-order valence-corrected chi connectivity index (χ4v) is 5.94. The molecule has 152 valence electrons. The fraction of sp³-hybridized carbons (Fsp3) is 0.571. The van der Waals surface area contributed by atoms with Crippen molar-refractivity contribution >= 4 is 26.8 Å². The molecule has 7 heteroatoms. The molecule has 0 spiro atoms. The summed E-state index contributed by atoms with van der Waals surface area (Å²) in [6.45, 7) is 3.72. The molecule has 0 unspecified atom stereocenters. The van der Waals surface area contributed by atoms with Crippen molar-refractivity contribution in [1.82, 2.24) is 14.2 Å². The van der Waals surface area contributed by atoms with Crippen molar-refractivity contribution < 1.29 is 13.2 Å². The van der Waals surface area contributed by atoms with Crippen LogP contribution < -0.4 is 5.32 Å². The Bertz CT molecular complexity index is 952. The van der Waals surface area contributed by atoms with Crippen LogP contribution in [0.4, 0.5) is 0 Å². The van der Waals surface area contributed by atoms with Gasteiger partial charge in [0.15, 0.2) is 0 Å². The SMILES string of the molecule is CC1CCC(NC(=O)Cn2ccc3cc(S(=O)(=O)N4CCCC4)ccc32)CC1. The lowest BCUT2D eigenvalue weighted by Crippen LogP contribution is -2.39. The summed E-state index contributed by atoms with van der Waals surface area (Å²) in [6.07, 6.45) is 8.16. The average Bonchev–Trinajstić information content (AvgIpc) is 3.34. The summed E-state index contributed by atoms with van der Waals surface area (Å²) in [5.41, 5.74) is 0.882. The Morgan fingerprint density at radius 2 is 1.82 bits per heavy atom. The predicted molar refractivity (Wildman–Crippen MR) is 109 cm³/mol. The molecular formula is C21H29N3O3S. The van der Waals surface area contributed by atoms with Gasteiger partial charge in [0.25, 0.3) is 0 Å². The first kappa shape index (κ1) is 19.5. The van der Waals surface area contributed by atoms with E-state index in [1.165, 1.54) is 12.8 Å². The zero-order valence-electron chi connectivity index (χ0n) is 16.4. The molecule has 1 amide bonds. The van der Waals surface area contributed by atoms with E-state index in [0.29, 0.717) is 18.0 Å². The maximum absolute atomic E-state index is 12.8. The number of aromatic nitrogens is 1. The number of fused-ring (bicyclic) bond motifs is 1. The second-order valence-corrected chi connectivity index (χ2v) is 10.2. The molecule has 1 aromatic heterocycles. The molecular weight excluding hydrogens is 374 g/mol. The van der Waals surface area contributed by atoms with Gasteiger partial charge in [0.2, 0.25) is 15.9 Å². The van der Waals surface area contributed by atoms with E-state index >= 15 is 0 Å². The fourth-order valence-electron chi connectivity index (χ4n) is 4.39. The molecule has 1 N–H and O–H groups in total. The molecule has 1 aromatic carbocycles. The number of nitrogens with zero attached hydrogens (tertiary/aromatic N) is 2. The highest BCUT2D eigenvalue weighted by Crippen LogP contribution is 2.26. The second kappa shape index (κ2) is 7.87. The van der Waals surface area contributed by atoms with Gasteiger partial charge in [-0.15, -0.1) is 0 Å². The number of benzene rings is 1. The van der Waals surface area contributed by atoms with Gasteiger partial charge in [-0.05, 0) is 68.7 Å². The third kappa shape index (κ3) is 3.96. The van der Waals surface area contributed by atoms with E-state index in [-0.39, 0.29) is 18.5 Å². The van der Waals surface area contributed by atoms with E-state index in [1.807, 2.05) is 22.9 Å². The Kier molecular flexibility index (Phi) is 5.47. The number of hydrogen-bond donors (Lipinski definition) is 1. The van der Waals surface area contributed by atoms with Gasteiger partial charge in [-0.1, -0.05) is 6.92 Å². The van der Waals surface area contributed by atoms with Gasteiger partial charge in [-0.2, -0.15) is 4.31 Å². The lowest BCUT2D eigenvalue weighted by Gasteiger charge is -2.27. The Morgan fingerprint density at radius 3 is 2.54 bits per heavy atom. The molecule has 6 nitrogen and oxygen atoms in total. The van der Waals surface area contributed by atoms with Gasteiger partial charge < -0.3 is 9.88 Å². The normalized spacial score (nSPS) is 23.9. The van der Waals surface area contributed by atoms with Crippen molar-refractivity contribution in [2.24, 2.45) is 5.92 Å². The van der Waals surface area contributed by atoms with Crippen LogP contribution in [-0.4, -0.2) is 42.3 Å². The number of hydrogen-bond acceptors (Lipinski definition) is 3. The standard InChI is InChI=1S/C21H29N3O3S/c1-16-4-6-18(7-5-16)22-21(25)15-23-13-10-17-14-19(8-9-20(17)23)28(26,27)24-11-2-3-12-24/h8-10,13-14,16,18H,2-7,11-12,15H2,1H3,(H,22,25). The minimum Gasteiger partial charge on any atom is -0.352 e. The Hall–Kier alpha value is -1.86. The van der Waals surface area contributed by atoms with Crippen LogP contribution in [-0.2, 0) is 21.4 Å². The van der Waals surface area contributed by atoms with Crippen LogP contribution >= 0.6 is 0 Å². The molecule has 2 aliphatic rings. The van der Waals surface area contributed by atoms with E-state index in [9.17, 15) is 13.2 Å². The molecule has 0 radical (unpaired) electrons. The number of nitrogens with one attached hydrogen (secondary N) is 1. The molecule has 1 aliphatic heterocycles. The third-order valence-electron chi connectivity index (χ3n) is 6.14. The summed E-state index contributed by atoms with van der Waals surface area (Å²) >= 11 is 0. The number of carbonyl (C=O) groups excluding carboxylic acids is 1. The summed E-state index contributed by atoms with van der Waals surface area (Å²) in [4.78, 5) is 12.8. The highest BCUT2D eigenvalue weighted by Gasteiger charge is 2.27. The first-order valence-corrected chi connectivity index (χ1v) is 11.8. The maximum atomic E-state index is 12.8. The first-order valence-electron chi connectivity index (χ1n) is 10.3. The predicted octanol–water partition coefficient (Wildman–Crippen LogP) is 3.12. The molecule has 2 aromatic rings. The summed E-state index contributed by atoms with van der Waals surface area (Å²) in [7, 11) is -3.42. The Balaban J connectivity index is 1.46. The van der Waals surface area contributed by atoms with Gasteiger partial charge >= 0.3 is 0 Å². The molecule has 0 bridgehead atoms. The highest BCUT2D eigenvalue weighted by atomic mass is 32.2. The monoisotopic (exact) mass is 403 g/mol. The average molecular weight is 404 g/mol. The van der Waals surface area contributed by atoms with Crippen LogP contribution in [0.5, 0.6) is 0 Å². The Morgan fingerprint density at radius 1 is 1.11 bits per heavy atom. The largest absolute Gasteiger partial charge is 0.352 e. The summed E-state index contributed by atoms with van der Waals surface area (Å²) in [5, 5.41) is 4.00. The van der Waals surface area contributed by atoms with Crippen LogP contribution in [0.3, 0.4) is 0 Å². The van der Waals surface area contributed by atoms with Gasteiger partial charge in [-0.25, -0.2) is 8.42 Å². The zero-order valence-corrected chi connectivity index (χ0v) is 17.2. The lowest BCUT2D eigenvalue weighted by molar-refractivity contribution is -0.122. The quantitative estimate of drug-likeness (QED) is 0.834. The van der Waals surface area contributed by atoms with E-state index in [0.717, 1.165) is 42.5 Å². The van der Waals surface area contributed by atoms with Crippen molar-refractivity contribution in [3.05, 3.63) is 30.5 Å². The lowest BCUT2D eigenvalue weighted by atomic mass is 9.87. The summed E-state index contributed by atoms with van der Waals surface area (Å²) in [5.74, 6) is 0.776. The number of carbonyl (C=O) groups is 1. The van der Waals surface area contributed by atoms with Crippen molar-refractivity contribution in [3.8, 4) is 0 Å². The van der Waals surface area contributed by atoms with Crippen LogP contribution in [0.1, 0.15) is 45.4 Å². The minimum absolute atomic E-state index is 0.0193. The van der Waals surface area contributed by atoms with Crippen LogP contribution in [0.15, 0.2) is 35.4 Å². The molecule has 1 aliphatic carbocycles. The van der Waals surface area contributed by atoms with Crippen molar-refractivity contribution in [1.29, 1.82) is 0 Å². The third-order valence-corrected chi connectivity index (χ3v) is 8.03. The van der Waals surface area contributed by atoms with Crippen molar-refractivity contribution in [2.45, 2.75) is 62.9 Å². The smallest absolute Gasteiger partial charge is 0.243 e. The molecule has 2 heterocycles. The van der Waals surface area contributed by atoms with E-state index < -0.39 is 10.0 Å². The molecule has 4 rings (SSSR count). The summed E-state index contributed by atoms with van der Waals surface area (Å²) < 4.78 is 29.0. The van der Waals surface area contributed by atoms with Gasteiger partial charge in [0, 0.05) is 36.2 Å². The van der Waals surface area contributed by atoms with Crippen LogP contribution in [0, 0.1) is 5.92 Å². The van der Waals surface area contributed by atoms with Gasteiger partial charge in [0.1, 0.15) is 6.54 Å². The van der Waals surface area contributed by atoms with E-state index in [2.05, 4.69) is 12.2 Å². The number of sulfonamides is 1. The molecule has 2 fully saturated rings. The van der Waals surface area contributed by atoms with Crippen molar-refractivity contribution in [3.63, 3.8) is 0 Å². The first-order chi connectivity index (χ1) is 13.4. The molecule has 0 atom stereocenters. The minimum atomic E-state index is -3.42. The van der Waals surface area contributed by atoms with Crippen molar-refractivity contribution in [2.75, 3.05) is 13.1 Å². The van der Waals surface area contributed by atoms with Gasteiger partial charge in [0.05, 0.1) is 4.90 Å². The van der Waals surface area contributed by atoms with Crippen LogP contribution in [0.2, 0.25) is 0 Å². The molecule has 28 heavy (non-hydrogen) atoms. The van der Waals surface area contributed by atoms with Gasteiger partial charge in [-0.3, -0.25) is 4.79 Å². The zero-order chi connectivity index (χ0) is 19.7. The van der Waals surface area contributed by atoms with Crippen LogP contribution in [0.25, 0.3) is 10.9 Å². The van der Waals surface area contributed by atoms with E-state index in [4.69, 9.17) is 0 Å². The maximum Gasteiger partial charge on any atom is 0.243 e. The number of rotatable bonds is 5. The number of amides is 1. The summed E-state index contributed by atoms with van der Waals surface area (Å²) in [6, 6.07) is 7.36.